The molecule has 1 aliphatic rings. The second-order valence-electron chi connectivity index (χ2n) is 4.12. The molecule has 4 nitrogen and oxygen atoms in total. The Morgan fingerprint density at radius 1 is 1.45 bits per heavy atom. The molecule has 20 heavy (non-hydrogen) atoms. The van der Waals surface area contributed by atoms with E-state index in [1.807, 2.05) is 0 Å². The molecule has 1 N–H and O–H groups in total. The van der Waals surface area contributed by atoms with Crippen molar-refractivity contribution in [2.45, 2.75) is 13.0 Å². The number of thiocarbonyl (C=S) groups is 1. The van der Waals surface area contributed by atoms with E-state index in [4.69, 9.17) is 17.3 Å². The number of halogens is 1. The lowest BCUT2D eigenvalue weighted by Crippen LogP contribution is -2.41. The molecule has 1 atom stereocenters. The summed E-state index contributed by atoms with van der Waals surface area (Å²) < 4.78 is 13.0. The van der Waals surface area contributed by atoms with Crippen LogP contribution in [0.5, 0.6) is 0 Å². The number of hydrogen-bond donors (Lipinski definition) is 1. The fourth-order valence-electron chi connectivity index (χ4n) is 1.63. The van der Waals surface area contributed by atoms with Crippen molar-refractivity contribution in [1.29, 1.82) is 0 Å². The standard InChI is InChI=1S/C13H10FNO3S2/c1-7(12(17)18)15-11(16)10(20-13(15)19)6-8-2-4-9(14)5-3-8/h2-7H,1H3,(H,17,18)/b10-6+. The Kier molecular flexibility index (Phi) is 4.20. The van der Waals surface area contributed by atoms with E-state index < -0.39 is 17.9 Å². The first-order valence-electron chi connectivity index (χ1n) is 5.65. The minimum absolute atomic E-state index is 0.207. The zero-order chi connectivity index (χ0) is 14.9. The molecular weight excluding hydrogens is 301 g/mol. The average molecular weight is 311 g/mol. The van der Waals surface area contributed by atoms with Gasteiger partial charge in [-0.25, -0.2) is 9.18 Å². The molecule has 0 spiro atoms. The summed E-state index contributed by atoms with van der Waals surface area (Å²) in [6.45, 7) is 1.40. The van der Waals surface area contributed by atoms with E-state index in [0.29, 0.717) is 10.5 Å². The molecule has 104 valence electrons. The third-order valence-electron chi connectivity index (χ3n) is 2.74. The predicted molar refractivity (Wildman–Crippen MR) is 78.5 cm³/mol. The quantitative estimate of drug-likeness (QED) is 0.686. The molecular formula is C13H10FNO3S2. The summed E-state index contributed by atoms with van der Waals surface area (Å²) in [7, 11) is 0. The highest BCUT2D eigenvalue weighted by molar-refractivity contribution is 8.26. The number of hydrogen-bond acceptors (Lipinski definition) is 4. The van der Waals surface area contributed by atoms with Gasteiger partial charge in [-0.05, 0) is 30.7 Å². The smallest absolute Gasteiger partial charge is 0.326 e. The van der Waals surface area contributed by atoms with Gasteiger partial charge in [-0.3, -0.25) is 9.69 Å². The number of benzene rings is 1. The van der Waals surface area contributed by atoms with Gasteiger partial charge in [0.1, 0.15) is 16.2 Å². The fraction of sp³-hybridized carbons (Fsp3) is 0.154. The van der Waals surface area contributed by atoms with Gasteiger partial charge in [-0.2, -0.15) is 0 Å². The van der Waals surface area contributed by atoms with Crippen LogP contribution in [-0.2, 0) is 9.59 Å². The molecule has 2 rings (SSSR count). The lowest BCUT2D eigenvalue weighted by molar-refractivity contribution is -0.144. The first kappa shape index (κ1) is 14.7. The molecule has 1 saturated heterocycles. The summed E-state index contributed by atoms with van der Waals surface area (Å²) in [5.41, 5.74) is 0.648. The minimum atomic E-state index is -1.12. The van der Waals surface area contributed by atoms with Crippen molar-refractivity contribution in [3.63, 3.8) is 0 Å². The number of nitrogens with zero attached hydrogens (tertiary/aromatic N) is 1. The molecule has 1 heterocycles. The van der Waals surface area contributed by atoms with Crippen LogP contribution in [0, 0.1) is 5.82 Å². The lowest BCUT2D eigenvalue weighted by atomic mass is 10.2. The number of amides is 1. The predicted octanol–water partition coefficient (Wildman–Crippen LogP) is 2.50. The number of carbonyl (C=O) groups excluding carboxylic acids is 1. The van der Waals surface area contributed by atoms with Gasteiger partial charge in [0.05, 0.1) is 4.91 Å². The number of carboxylic acids is 1. The lowest BCUT2D eigenvalue weighted by Gasteiger charge is -2.18. The van der Waals surface area contributed by atoms with Crippen LogP contribution in [0.3, 0.4) is 0 Å². The molecule has 0 bridgehead atoms. The number of carbonyl (C=O) groups is 2. The molecule has 0 aliphatic carbocycles. The van der Waals surface area contributed by atoms with E-state index in [0.717, 1.165) is 16.7 Å². The summed E-state index contributed by atoms with van der Waals surface area (Å²) in [6.07, 6.45) is 1.56. The van der Waals surface area contributed by atoms with Crippen molar-refractivity contribution in [2.24, 2.45) is 0 Å². The fourth-order valence-corrected chi connectivity index (χ4v) is 3.05. The van der Waals surface area contributed by atoms with Gasteiger partial charge in [0, 0.05) is 0 Å². The summed E-state index contributed by atoms with van der Waals surface area (Å²) >= 11 is 6.07. The van der Waals surface area contributed by atoms with Crippen LogP contribution in [0.2, 0.25) is 0 Å². The summed E-state index contributed by atoms with van der Waals surface area (Å²) in [4.78, 5) is 24.5. The Hall–Kier alpha value is -1.73. The van der Waals surface area contributed by atoms with E-state index in [-0.39, 0.29) is 10.1 Å². The second kappa shape index (κ2) is 5.72. The van der Waals surface area contributed by atoms with Crippen molar-refractivity contribution >= 4 is 46.3 Å². The highest BCUT2D eigenvalue weighted by Gasteiger charge is 2.38. The average Bonchev–Trinajstić information content (AvgIpc) is 2.66. The van der Waals surface area contributed by atoms with Crippen LogP contribution in [0.15, 0.2) is 29.2 Å². The maximum absolute atomic E-state index is 12.8. The van der Waals surface area contributed by atoms with Crippen LogP contribution in [0.4, 0.5) is 4.39 Å². The van der Waals surface area contributed by atoms with Crippen molar-refractivity contribution in [3.05, 3.63) is 40.6 Å². The molecule has 7 heteroatoms. The van der Waals surface area contributed by atoms with Crippen LogP contribution >= 0.6 is 24.0 Å². The summed E-state index contributed by atoms with van der Waals surface area (Å²) in [5, 5.41) is 8.96. The molecule has 0 aromatic heterocycles. The van der Waals surface area contributed by atoms with Gasteiger partial charge in [0.25, 0.3) is 5.91 Å². The van der Waals surface area contributed by atoms with Gasteiger partial charge < -0.3 is 5.11 Å². The van der Waals surface area contributed by atoms with Crippen LogP contribution < -0.4 is 0 Å². The molecule has 0 saturated carbocycles. The maximum Gasteiger partial charge on any atom is 0.326 e. The van der Waals surface area contributed by atoms with Gasteiger partial charge >= 0.3 is 5.97 Å². The molecule has 0 radical (unpaired) electrons. The second-order valence-corrected chi connectivity index (χ2v) is 5.79. The van der Waals surface area contributed by atoms with E-state index in [1.54, 1.807) is 6.08 Å². The minimum Gasteiger partial charge on any atom is -0.480 e. The van der Waals surface area contributed by atoms with Gasteiger partial charge in [-0.1, -0.05) is 36.1 Å². The SMILES string of the molecule is CC(C(=O)O)N1C(=O)/C(=C\c2ccc(F)cc2)SC1=S. The third-order valence-corrected chi connectivity index (χ3v) is 4.07. The topological polar surface area (TPSA) is 57.6 Å². The Morgan fingerprint density at radius 3 is 2.60 bits per heavy atom. The van der Waals surface area contributed by atoms with E-state index in [9.17, 15) is 14.0 Å². The van der Waals surface area contributed by atoms with Crippen LogP contribution in [0.25, 0.3) is 6.08 Å². The van der Waals surface area contributed by atoms with Crippen LogP contribution in [0.1, 0.15) is 12.5 Å². The molecule has 1 aromatic carbocycles. The molecule has 1 amide bonds. The number of thioether (sulfide) groups is 1. The van der Waals surface area contributed by atoms with E-state index >= 15 is 0 Å². The van der Waals surface area contributed by atoms with Crippen molar-refractivity contribution in [3.8, 4) is 0 Å². The molecule has 1 aromatic rings. The van der Waals surface area contributed by atoms with Gasteiger partial charge in [0.2, 0.25) is 0 Å². The first-order chi connectivity index (χ1) is 9.40. The van der Waals surface area contributed by atoms with Crippen molar-refractivity contribution < 1.29 is 19.1 Å². The molecule has 1 unspecified atom stereocenters. The van der Waals surface area contributed by atoms with Crippen LogP contribution in [-0.4, -0.2) is 32.2 Å². The zero-order valence-corrected chi connectivity index (χ0v) is 12.0. The highest BCUT2D eigenvalue weighted by Crippen LogP contribution is 2.33. The van der Waals surface area contributed by atoms with Gasteiger partial charge in [-0.15, -0.1) is 0 Å². The highest BCUT2D eigenvalue weighted by atomic mass is 32.2. The summed E-state index contributed by atoms with van der Waals surface area (Å²) in [6, 6.07) is 4.62. The van der Waals surface area contributed by atoms with Gasteiger partial charge in [0.15, 0.2) is 0 Å². The van der Waals surface area contributed by atoms with E-state index in [1.165, 1.54) is 31.2 Å². The molecule has 1 fully saturated rings. The number of carboxylic acid groups (broad SMARTS) is 1. The number of rotatable bonds is 3. The molecule has 1 aliphatic heterocycles. The summed E-state index contributed by atoms with van der Waals surface area (Å²) in [5.74, 6) is -1.93. The van der Waals surface area contributed by atoms with Crippen molar-refractivity contribution in [2.75, 3.05) is 0 Å². The monoisotopic (exact) mass is 311 g/mol. The Balaban J connectivity index is 2.28. The Morgan fingerprint density at radius 2 is 2.05 bits per heavy atom. The number of aliphatic carboxylic acids is 1. The Bertz CT molecular complexity index is 613. The first-order valence-corrected chi connectivity index (χ1v) is 6.88. The Labute approximate surface area is 124 Å². The van der Waals surface area contributed by atoms with E-state index in [2.05, 4.69) is 0 Å². The zero-order valence-electron chi connectivity index (χ0n) is 10.4. The largest absolute Gasteiger partial charge is 0.480 e. The normalized spacial score (nSPS) is 18.7. The van der Waals surface area contributed by atoms with Crippen molar-refractivity contribution in [1.82, 2.24) is 4.90 Å². The maximum atomic E-state index is 12.8. The third kappa shape index (κ3) is 2.88.